The lowest BCUT2D eigenvalue weighted by atomic mass is 9.97. The number of hydrogen-bond acceptors (Lipinski definition) is 1. The Kier molecular flexibility index (Phi) is 2.86. The number of aromatic amines is 1. The van der Waals surface area contributed by atoms with Crippen molar-refractivity contribution in [3.05, 3.63) is 58.4 Å². The molecule has 0 aliphatic carbocycles. The van der Waals surface area contributed by atoms with Crippen LogP contribution in [0, 0.1) is 5.92 Å². The predicted molar refractivity (Wildman–Crippen MR) is 80.6 cm³/mol. The molecule has 0 saturated carbocycles. The molecule has 2 aromatic carbocycles. The van der Waals surface area contributed by atoms with E-state index in [0.29, 0.717) is 5.92 Å². The van der Waals surface area contributed by atoms with Gasteiger partial charge in [0.25, 0.3) is 0 Å². The lowest BCUT2D eigenvalue weighted by molar-refractivity contribution is 0.645. The number of fused-ring (bicyclic) bond motifs is 3. The summed E-state index contributed by atoms with van der Waals surface area (Å²) < 4.78 is 0. The maximum absolute atomic E-state index is 12.7. The first-order valence-corrected chi connectivity index (χ1v) is 6.69. The molecule has 1 aromatic heterocycles. The van der Waals surface area contributed by atoms with E-state index in [1.165, 1.54) is 0 Å². The summed E-state index contributed by atoms with van der Waals surface area (Å²) in [4.78, 5) is 15.9. The predicted octanol–water partition coefficient (Wildman–Crippen LogP) is 3.88. The second kappa shape index (κ2) is 4.54. The van der Waals surface area contributed by atoms with Crippen LogP contribution in [-0.2, 0) is 6.42 Å². The van der Waals surface area contributed by atoms with Gasteiger partial charge in [0, 0.05) is 11.8 Å². The zero-order valence-electron chi connectivity index (χ0n) is 11.2. The third-order valence-electron chi connectivity index (χ3n) is 3.48. The number of nitrogens with one attached hydrogen (secondary N) is 1. The van der Waals surface area contributed by atoms with Gasteiger partial charge in [-0.1, -0.05) is 44.2 Å². The molecule has 0 unspecified atom stereocenters. The molecule has 0 atom stereocenters. The van der Waals surface area contributed by atoms with Crippen LogP contribution in [0.25, 0.3) is 21.7 Å². The molecule has 0 saturated heterocycles. The number of hydrogen-bond donors (Lipinski definition) is 1. The maximum Gasteiger partial charge on any atom is 0.191 e. The highest BCUT2D eigenvalue weighted by atomic mass is 16.1. The summed E-state index contributed by atoms with van der Waals surface area (Å²) in [7, 11) is 0. The Labute approximate surface area is 112 Å². The normalized spacial score (nSPS) is 11.5. The fraction of sp³-hybridized carbons (Fsp3) is 0.235. The summed E-state index contributed by atoms with van der Waals surface area (Å²) in [5, 5.41) is 2.90. The molecule has 0 bridgehead atoms. The number of H-pyrrole nitrogens is 1. The second-order valence-electron chi connectivity index (χ2n) is 5.45. The highest BCUT2D eigenvalue weighted by Gasteiger charge is 2.09. The van der Waals surface area contributed by atoms with Crippen LogP contribution in [0.3, 0.4) is 0 Å². The first-order valence-electron chi connectivity index (χ1n) is 6.69. The zero-order chi connectivity index (χ0) is 13.4. The molecule has 3 aromatic rings. The number of rotatable bonds is 2. The van der Waals surface area contributed by atoms with Crippen molar-refractivity contribution >= 4 is 21.7 Å². The third kappa shape index (κ3) is 2.03. The summed E-state index contributed by atoms with van der Waals surface area (Å²) in [6.45, 7) is 4.28. The van der Waals surface area contributed by atoms with Crippen molar-refractivity contribution in [3.8, 4) is 0 Å². The Morgan fingerprint density at radius 3 is 2.58 bits per heavy atom. The monoisotopic (exact) mass is 251 g/mol. The molecule has 0 amide bonds. The van der Waals surface area contributed by atoms with Crippen LogP contribution in [0.1, 0.15) is 19.4 Å². The quantitative estimate of drug-likeness (QED) is 0.689. The molecule has 0 radical (unpaired) electrons. The highest BCUT2D eigenvalue weighted by molar-refractivity contribution is 6.05. The van der Waals surface area contributed by atoms with Gasteiger partial charge in [-0.15, -0.1) is 0 Å². The van der Waals surface area contributed by atoms with Crippen LogP contribution in [0.15, 0.2) is 47.4 Å². The van der Waals surface area contributed by atoms with Crippen LogP contribution >= 0.6 is 0 Å². The zero-order valence-corrected chi connectivity index (χ0v) is 11.2. The summed E-state index contributed by atoms with van der Waals surface area (Å²) in [6.07, 6.45) is 2.70. The maximum atomic E-state index is 12.7. The molecular weight excluding hydrogens is 234 g/mol. The molecule has 0 aliphatic heterocycles. The van der Waals surface area contributed by atoms with Gasteiger partial charge in [-0.3, -0.25) is 4.79 Å². The smallest absolute Gasteiger partial charge is 0.191 e. The van der Waals surface area contributed by atoms with Gasteiger partial charge in [0.2, 0.25) is 0 Å². The Morgan fingerprint density at radius 1 is 1.05 bits per heavy atom. The van der Waals surface area contributed by atoms with Gasteiger partial charge < -0.3 is 4.98 Å². The van der Waals surface area contributed by atoms with Crippen LogP contribution < -0.4 is 5.43 Å². The third-order valence-corrected chi connectivity index (χ3v) is 3.48. The molecule has 19 heavy (non-hydrogen) atoms. The van der Waals surface area contributed by atoms with E-state index in [2.05, 4.69) is 31.0 Å². The number of aromatic nitrogens is 1. The summed E-state index contributed by atoms with van der Waals surface area (Å²) in [6, 6.07) is 12.1. The Morgan fingerprint density at radius 2 is 1.79 bits per heavy atom. The van der Waals surface area contributed by atoms with Crippen molar-refractivity contribution < 1.29 is 0 Å². The van der Waals surface area contributed by atoms with E-state index in [4.69, 9.17) is 0 Å². The van der Waals surface area contributed by atoms with Crippen LogP contribution in [0.4, 0.5) is 0 Å². The molecule has 0 spiro atoms. The SMILES string of the molecule is CC(C)Cc1ccc2ccc3ccc[nH]c3c2c1=O. The first kappa shape index (κ1) is 12.0. The fourth-order valence-electron chi connectivity index (χ4n) is 2.62. The molecule has 3 rings (SSSR count). The van der Waals surface area contributed by atoms with Crippen LogP contribution in [0.5, 0.6) is 0 Å². The van der Waals surface area contributed by atoms with Gasteiger partial charge in [-0.05, 0) is 29.2 Å². The van der Waals surface area contributed by atoms with Crippen LogP contribution in [-0.4, -0.2) is 4.98 Å². The van der Waals surface area contributed by atoms with Gasteiger partial charge in [0.15, 0.2) is 5.43 Å². The van der Waals surface area contributed by atoms with Crippen LogP contribution in [0.2, 0.25) is 0 Å². The average molecular weight is 251 g/mol. The average Bonchev–Trinajstić information content (AvgIpc) is 2.41. The van der Waals surface area contributed by atoms with Gasteiger partial charge >= 0.3 is 0 Å². The number of benzene rings is 2. The van der Waals surface area contributed by atoms with Gasteiger partial charge in [0.05, 0.1) is 10.9 Å². The van der Waals surface area contributed by atoms with Crippen molar-refractivity contribution in [1.29, 1.82) is 0 Å². The fourth-order valence-corrected chi connectivity index (χ4v) is 2.62. The molecule has 0 fully saturated rings. The Hall–Kier alpha value is -2.09. The van der Waals surface area contributed by atoms with Gasteiger partial charge in [-0.2, -0.15) is 0 Å². The minimum Gasteiger partial charge on any atom is -0.361 e. The van der Waals surface area contributed by atoms with E-state index in [9.17, 15) is 4.79 Å². The van der Waals surface area contributed by atoms with Crippen molar-refractivity contribution in [2.75, 3.05) is 0 Å². The summed E-state index contributed by atoms with van der Waals surface area (Å²) in [5.41, 5.74) is 2.02. The van der Waals surface area contributed by atoms with Crippen molar-refractivity contribution in [3.63, 3.8) is 0 Å². The highest BCUT2D eigenvalue weighted by Crippen LogP contribution is 2.21. The first-order chi connectivity index (χ1) is 9.16. The molecule has 96 valence electrons. The molecule has 2 nitrogen and oxygen atoms in total. The van der Waals surface area contributed by atoms with E-state index >= 15 is 0 Å². The molecule has 1 heterocycles. The molecular formula is C17H17NO. The minimum absolute atomic E-state index is 0.166. The Balaban J connectivity index is 2.40. The largest absolute Gasteiger partial charge is 0.361 e. The van der Waals surface area contributed by atoms with Gasteiger partial charge in [-0.25, -0.2) is 0 Å². The Bertz CT molecular complexity index is 799. The summed E-state index contributed by atoms with van der Waals surface area (Å²) >= 11 is 0. The van der Waals surface area contributed by atoms with E-state index in [1.807, 2.05) is 30.5 Å². The van der Waals surface area contributed by atoms with E-state index in [1.54, 1.807) is 0 Å². The standard InChI is InChI=1S/C17H17NO/c1-11(2)10-14-8-6-12-5-7-13-4-3-9-18-16(13)15(12)17(14)19/h3-9,11,18H,10H2,1-2H3. The topological polar surface area (TPSA) is 32.9 Å². The number of pyridine rings is 1. The van der Waals surface area contributed by atoms with E-state index in [0.717, 1.165) is 33.7 Å². The van der Waals surface area contributed by atoms with E-state index < -0.39 is 0 Å². The molecule has 2 heteroatoms. The van der Waals surface area contributed by atoms with E-state index in [-0.39, 0.29) is 5.43 Å². The lowest BCUT2D eigenvalue weighted by Gasteiger charge is -2.07. The summed E-state index contributed by atoms with van der Waals surface area (Å²) in [5.74, 6) is 0.490. The minimum atomic E-state index is 0.166. The second-order valence-corrected chi connectivity index (χ2v) is 5.45. The lowest BCUT2D eigenvalue weighted by Crippen LogP contribution is -2.11. The van der Waals surface area contributed by atoms with Gasteiger partial charge in [0.1, 0.15) is 0 Å². The molecule has 0 aliphatic rings. The van der Waals surface area contributed by atoms with Crippen molar-refractivity contribution in [1.82, 2.24) is 4.98 Å². The van der Waals surface area contributed by atoms with Crippen molar-refractivity contribution in [2.45, 2.75) is 20.3 Å². The van der Waals surface area contributed by atoms with Crippen molar-refractivity contribution in [2.24, 2.45) is 5.92 Å². The molecule has 1 N–H and O–H groups in total.